The van der Waals surface area contributed by atoms with Crippen molar-refractivity contribution in [2.24, 2.45) is 0 Å². The molecule has 0 aliphatic carbocycles. The summed E-state index contributed by atoms with van der Waals surface area (Å²) >= 11 is 1.66. The summed E-state index contributed by atoms with van der Waals surface area (Å²) in [4.78, 5) is 12.2. The number of carbonyl (C=O) groups excluding carboxylic acids is 1. The van der Waals surface area contributed by atoms with Gasteiger partial charge in [-0.15, -0.1) is 10.2 Å². The van der Waals surface area contributed by atoms with Gasteiger partial charge in [0.2, 0.25) is 5.95 Å². The number of amides is 1. The number of aromatic nitrogens is 3. The van der Waals surface area contributed by atoms with E-state index in [0.717, 1.165) is 29.6 Å². The van der Waals surface area contributed by atoms with Crippen LogP contribution in [-0.4, -0.2) is 33.5 Å². The molecule has 1 aliphatic heterocycles. The predicted molar refractivity (Wildman–Crippen MR) is 76.3 cm³/mol. The van der Waals surface area contributed by atoms with E-state index in [1.807, 2.05) is 4.57 Å². The molecule has 1 N–H and O–H groups in total. The van der Waals surface area contributed by atoms with Crippen molar-refractivity contribution >= 4 is 23.6 Å². The van der Waals surface area contributed by atoms with Gasteiger partial charge in [0, 0.05) is 17.9 Å². The van der Waals surface area contributed by atoms with Crippen LogP contribution in [0.4, 0.5) is 5.95 Å². The molecule has 7 heteroatoms. The van der Waals surface area contributed by atoms with Gasteiger partial charge in [-0.05, 0) is 30.7 Å². The van der Waals surface area contributed by atoms with Crippen LogP contribution in [0.1, 0.15) is 16.8 Å². The van der Waals surface area contributed by atoms with Crippen molar-refractivity contribution in [1.82, 2.24) is 14.8 Å². The van der Waals surface area contributed by atoms with Crippen LogP contribution in [0.5, 0.6) is 5.75 Å². The highest BCUT2D eigenvalue weighted by molar-refractivity contribution is 7.99. The van der Waals surface area contributed by atoms with Gasteiger partial charge in [-0.2, -0.15) is 0 Å². The number of rotatable bonds is 3. The van der Waals surface area contributed by atoms with E-state index in [1.54, 1.807) is 43.1 Å². The van der Waals surface area contributed by atoms with Crippen LogP contribution in [0, 0.1) is 0 Å². The Morgan fingerprint density at radius 3 is 2.90 bits per heavy atom. The van der Waals surface area contributed by atoms with E-state index >= 15 is 0 Å². The van der Waals surface area contributed by atoms with Crippen molar-refractivity contribution in [3.05, 3.63) is 29.8 Å². The Hall–Kier alpha value is -2.02. The average Bonchev–Trinajstić information content (AvgIpc) is 2.91. The van der Waals surface area contributed by atoms with Crippen molar-refractivity contribution < 1.29 is 9.53 Å². The maximum absolute atomic E-state index is 12.2. The number of benzene rings is 1. The highest BCUT2D eigenvalue weighted by Crippen LogP contribution is 2.25. The van der Waals surface area contributed by atoms with Crippen molar-refractivity contribution in [3.8, 4) is 5.75 Å². The molecule has 1 aliphatic rings. The summed E-state index contributed by atoms with van der Waals surface area (Å²) < 4.78 is 7.01. The van der Waals surface area contributed by atoms with E-state index in [4.69, 9.17) is 4.74 Å². The molecule has 0 radical (unpaired) electrons. The number of fused-ring (bicyclic) bond motifs is 1. The maximum Gasteiger partial charge on any atom is 0.258 e. The first-order valence-corrected chi connectivity index (χ1v) is 7.28. The van der Waals surface area contributed by atoms with Crippen molar-refractivity contribution in [1.29, 1.82) is 0 Å². The molecule has 1 aromatic heterocycles. The van der Waals surface area contributed by atoms with E-state index in [1.165, 1.54) is 0 Å². The molecular formula is C13H14N4O2S. The summed E-state index contributed by atoms with van der Waals surface area (Å²) in [5.41, 5.74) is 0.562. The molecule has 2 aromatic rings. The zero-order chi connectivity index (χ0) is 13.9. The van der Waals surface area contributed by atoms with Gasteiger partial charge in [-0.1, -0.05) is 11.8 Å². The molecule has 20 heavy (non-hydrogen) atoms. The summed E-state index contributed by atoms with van der Waals surface area (Å²) in [5, 5.41) is 11.8. The van der Waals surface area contributed by atoms with Gasteiger partial charge in [-0.3, -0.25) is 14.7 Å². The number of thioether (sulfide) groups is 1. The van der Waals surface area contributed by atoms with Gasteiger partial charge >= 0.3 is 0 Å². The second-order valence-corrected chi connectivity index (χ2v) is 5.40. The molecule has 0 fully saturated rings. The fourth-order valence-electron chi connectivity index (χ4n) is 1.99. The number of hydrogen-bond acceptors (Lipinski definition) is 5. The first-order valence-electron chi connectivity index (χ1n) is 6.29. The van der Waals surface area contributed by atoms with Gasteiger partial charge in [0.15, 0.2) is 5.16 Å². The van der Waals surface area contributed by atoms with Crippen LogP contribution < -0.4 is 10.1 Å². The lowest BCUT2D eigenvalue weighted by Crippen LogP contribution is -2.17. The number of nitrogens with one attached hydrogen (secondary N) is 1. The fourth-order valence-corrected chi connectivity index (χ4v) is 2.88. The lowest BCUT2D eigenvalue weighted by molar-refractivity contribution is 0.102. The Bertz CT molecular complexity index is 624. The molecule has 1 amide bonds. The van der Waals surface area contributed by atoms with Gasteiger partial charge in [0.1, 0.15) is 5.75 Å². The van der Waals surface area contributed by atoms with Crippen LogP contribution in [0.15, 0.2) is 29.4 Å². The Labute approximate surface area is 120 Å². The number of methoxy groups -OCH3 is 1. The summed E-state index contributed by atoms with van der Waals surface area (Å²) in [6.07, 6.45) is 1.06. The summed E-state index contributed by atoms with van der Waals surface area (Å²) in [5.74, 6) is 2.08. The lowest BCUT2D eigenvalue weighted by Gasteiger charge is -2.14. The lowest BCUT2D eigenvalue weighted by atomic mass is 10.2. The Balaban J connectivity index is 1.76. The second-order valence-electron chi connectivity index (χ2n) is 4.34. The van der Waals surface area contributed by atoms with Gasteiger partial charge in [0.25, 0.3) is 5.91 Å². The quantitative estimate of drug-likeness (QED) is 0.936. The highest BCUT2D eigenvalue weighted by atomic mass is 32.2. The minimum atomic E-state index is -0.196. The first kappa shape index (κ1) is 13.0. The molecule has 2 heterocycles. The van der Waals surface area contributed by atoms with Gasteiger partial charge < -0.3 is 4.74 Å². The molecule has 1 aromatic carbocycles. The number of carbonyl (C=O) groups is 1. The maximum atomic E-state index is 12.2. The zero-order valence-corrected chi connectivity index (χ0v) is 11.8. The normalized spacial score (nSPS) is 13.7. The van der Waals surface area contributed by atoms with Crippen LogP contribution in [0.25, 0.3) is 0 Å². The average molecular weight is 290 g/mol. The van der Waals surface area contributed by atoms with Crippen molar-refractivity contribution in [3.63, 3.8) is 0 Å². The topological polar surface area (TPSA) is 69.0 Å². The molecule has 104 valence electrons. The molecule has 0 unspecified atom stereocenters. The number of nitrogens with zero attached hydrogens (tertiary/aromatic N) is 3. The first-order chi connectivity index (χ1) is 9.78. The smallest absolute Gasteiger partial charge is 0.258 e. The molecule has 0 saturated heterocycles. The monoisotopic (exact) mass is 290 g/mol. The largest absolute Gasteiger partial charge is 0.497 e. The van der Waals surface area contributed by atoms with Gasteiger partial charge in [0.05, 0.1) is 7.11 Å². The molecule has 0 saturated carbocycles. The molecule has 0 atom stereocenters. The minimum absolute atomic E-state index is 0.196. The number of ether oxygens (including phenoxy) is 1. The van der Waals surface area contributed by atoms with Crippen molar-refractivity contribution in [2.75, 3.05) is 18.2 Å². The SMILES string of the molecule is COc1ccc(C(=O)Nc2nnc3n2CCCS3)cc1. The number of anilines is 1. The van der Waals surface area contributed by atoms with Gasteiger partial charge in [-0.25, -0.2) is 0 Å². The summed E-state index contributed by atoms with van der Waals surface area (Å²) in [6.45, 7) is 0.841. The predicted octanol–water partition coefficient (Wildman–Crippen LogP) is 2.03. The zero-order valence-electron chi connectivity index (χ0n) is 11.0. The van der Waals surface area contributed by atoms with E-state index in [-0.39, 0.29) is 5.91 Å². The minimum Gasteiger partial charge on any atom is -0.497 e. The van der Waals surface area contributed by atoms with Crippen LogP contribution in [-0.2, 0) is 6.54 Å². The van der Waals surface area contributed by atoms with E-state index in [0.29, 0.717) is 11.5 Å². The standard InChI is InChI=1S/C13H14N4O2S/c1-19-10-5-3-9(4-6-10)11(18)14-12-15-16-13-17(12)7-2-8-20-13/h3-6H,2,7-8H2,1H3,(H,14,15,18). The van der Waals surface area contributed by atoms with E-state index in [9.17, 15) is 4.79 Å². The number of hydrogen-bond donors (Lipinski definition) is 1. The molecule has 3 rings (SSSR count). The Kier molecular flexibility index (Phi) is 3.60. The van der Waals surface area contributed by atoms with Crippen LogP contribution in [0.2, 0.25) is 0 Å². The van der Waals surface area contributed by atoms with Crippen LogP contribution in [0.3, 0.4) is 0 Å². The van der Waals surface area contributed by atoms with Crippen molar-refractivity contribution in [2.45, 2.75) is 18.1 Å². The third-order valence-electron chi connectivity index (χ3n) is 3.05. The third-order valence-corrected chi connectivity index (χ3v) is 4.10. The summed E-state index contributed by atoms with van der Waals surface area (Å²) in [7, 11) is 1.59. The Morgan fingerprint density at radius 2 is 2.15 bits per heavy atom. The van der Waals surface area contributed by atoms with E-state index < -0.39 is 0 Å². The molecule has 0 spiro atoms. The fraction of sp³-hybridized carbons (Fsp3) is 0.308. The molecule has 0 bridgehead atoms. The molecular weight excluding hydrogens is 276 g/mol. The second kappa shape index (κ2) is 5.54. The molecule has 6 nitrogen and oxygen atoms in total. The third kappa shape index (κ3) is 2.49. The highest BCUT2D eigenvalue weighted by Gasteiger charge is 2.18. The van der Waals surface area contributed by atoms with E-state index in [2.05, 4.69) is 15.5 Å². The Morgan fingerprint density at radius 1 is 1.35 bits per heavy atom. The van der Waals surface area contributed by atoms with Crippen LogP contribution >= 0.6 is 11.8 Å². The summed E-state index contributed by atoms with van der Waals surface area (Å²) in [6, 6.07) is 6.95.